The zero-order chi connectivity index (χ0) is 18.0. The molecule has 3 rings (SSSR count). The molecule has 3 aromatic rings. The molecule has 0 spiro atoms. The summed E-state index contributed by atoms with van der Waals surface area (Å²) in [5, 5.41) is 30.2. The van der Waals surface area contributed by atoms with Gasteiger partial charge in [0.1, 0.15) is 5.75 Å². The van der Waals surface area contributed by atoms with Crippen LogP contribution in [0.15, 0.2) is 51.2 Å². The van der Waals surface area contributed by atoms with Crippen molar-refractivity contribution in [3.05, 3.63) is 51.1 Å². The molecule has 0 saturated carbocycles. The van der Waals surface area contributed by atoms with Gasteiger partial charge < -0.3 is 9.67 Å². The third-order valence-corrected chi connectivity index (χ3v) is 4.85. The van der Waals surface area contributed by atoms with Gasteiger partial charge in [0.2, 0.25) is 0 Å². The topological polar surface area (TPSA) is 107 Å². The number of pyridine rings is 1. The number of nitro groups is 1. The average Bonchev–Trinajstić information content (AvgIpc) is 2.99. The van der Waals surface area contributed by atoms with E-state index in [0.717, 1.165) is 16.2 Å². The highest BCUT2D eigenvalue weighted by molar-refractivity contribution is 9.10. The van der Waals surface area contributed by atoms with Crippen LogP contribution in [-0.2, 0) is 6.54 Å². The molecule has 128 valence electrons. The molecule has 0 aliphatic carbocycles. The minimum Gasteiger partial charge on any atom is -0.507 e. The molecule has 1 N–H and O–H groups in total. The highest BCUT2D eigenvalue weighted by Gasteiger charge is 2.21. The van der Waals surface area contributed by atoms with Gasteiger partial charge in [-0.25, -0.2) is 4.98 Å². The Hall–Kier alpha value is -2.46. The van der Waals surface area contributed by atoms with Gasteiger partial charge in [-0.3, -0.25) is 10.1 Å². The van der Waals surface area contributed by atoms with Crippen LogP contribution in [0.2, 0.25) is 0 Å². The number of halogens is 1. The number of nitrogens with zero attached hydrogens (tertiary/aromatic N) is 5. The smallest absolute Gasteiger partial charge is 0.301 e. The Morgan fingerprint density at radius 2 is 2.16 bits per heavy atom. The third kappa shape index (κ3) is 3.49. The van der Waals surface area contributed by atoms with Crippen molar-refractivity contribution >= 4 is 33.4 Å². The monoisotopic (exact) mass is 421 g/mol. The summed E-state index contributed by atoms with van der Waals surface area (Å²) >= 11 is 4.43. The van der Waals surface area contributed by atoms with Gasteiger partial charge in [0, 0.05) is 23.3 Å². The van der Waals surface area contributed by atoms with Crippen LogP contribution in [0.25, 0.3) is 11.4 Å². The van der Waals surface area contributed by atoms with Gasteiger partial charge in [0.25, 0.3) is 0 Å². The van der Waals surface area contributed by atoms with Gasteiger partial charge in [-0.2, -0.15) is 0 Å². The van der Waals surface area contributed by atoms with Crippen molar-refractivity contribution < 1.29 is 10.0 Å². The van der Waals surface area contributed by atoms with Gasteiger partial charge in [-0.1, -0.05) is 15.9 Å². The van der Waals surface area contributed by atoms with Crippen LogP contribution in [0.4, 0.5) is 5.69 Å². The summed E-state index contributed by atoms with van der Waals surface area (Å²) in [5.41, 5.74) is 0.427. The van der Waals surface area contributed by atoms with Crippen LogP contribution in [0.1, 0.15) is 6.92 Å². The second-order valence-electron chi connectivity index (χ2n) is 4.90. The molecule has 0 bridgehead atoms. The number of benzene rings is 1. The summed E-state index contributed by atoms with van der Waals surface area (Å²) < 4.78 is 2.56. The van der Waals surface area contributed by atoms with Crippen molar-refractivity contribution in [2.45, 2.75) is 23.7 Å². The van der Waals surface area contributed by atoms with E-state index >= 15 is 0 Å². The standard InChI is InChI=1S/C15H12BrN5O3S/c1-2-20-13(10-8-9(16)5-6-12(10)22)18-19-15(20)25-14-11(21(23)24)4-3-7-17-14/h3-8,22H,2H2,1H3. The molecule has 0 saturated heterocycles. The van der Waals surface area contributed by atoms with Crippen molar-refractivity contribution in [2.24, 2.45) is 0 Å². The molecule has 0 radical (unpaired) electrons. The maximum absolute atomic E-state index is 11.1. The number of phenolic OH excluding ortho intramolecular Hbond substituents is 1. The van der Waals surface area contributed by atoms with Crippen LogP contribution in [-0.4, -0.2) is 29.8 Å². The lowest BCUT2D eigenvalue weighted by Crippen LogP contribution is -2.01. The van der Waals surface area contributed by atoms with E-state index in [-0.39, 0.29) is 16.5 Å². The molecule has 0 aliphatic rings. The van der Waals surface area contributed by atoms with Crippen molar-refractivity contribution in [3.63, 3.8) is 0 Å². The molecule has 10 heteroatoms. The van der Waals surface area contributed by atoms with E-state index in [1.165, 1.54) is 18.3 Å². The maximum Gasteiger partial charge on any atom is 0.301 e. The lowest BCUT2D eigenvalue weighted by atomic mass is 10.2. The van der Waals surface area contributed by atoms with Gasteiger partial charge in [0.05, 0.1) is 10.5 Å². The van der Waals surface area contributed by atoms with E-state index in [2.05, 4.69) is 31.1 Å². The molecule has 0 fully saturated rings. The maximum atomic E-state index is 11.1. The number of phenols is 1. The molecule has 2 heterocycles. The first-order valence-electron chi connectivity index (χ1n) is 7.20. The summed E-state index contributed by atoms with van der Waals surface area (Å²) in [6.45, 7) is 2.43. The van der Waals surface area contributed by atoms with Crippen molar-refractivity contribution in [1.29, 1.82) is 0 Å². The number of hydrogen-bond donors (Lipinski definition) is 1. The minimum atomic E-state index is -0.483. The van der Waals surface area contributed by atoms with Crippen LogP contribution < -0.4 is 0 Å². The van der Waals surface area contributed by atoms with Crippen LogP contribution in [0.3, 0.4) is 0 Å². The zero-order valence-corrected chi connectivity index (χ0v) is 15.4. The van der Waals surface area contributed by atoms with E-state index in [1.54, 1.807) is 22.8 Å². The second kappa shape index (κ2) is 7.19. The molecule has 2 aromatic heterocycles. The lowest BCUT2D eigenvalue weighted by molar-refractivity contribution is -0.388. The Morgan fingerprint density at radius 3 is 2.88 bits per heavy atom. The van der Waals surface area contributed by atoms with Crippen LogP contribution in [0.5, 0.6) is 5.75 Å². The Labute approximate surface area is 155 Å². The summed E-state index contributed by atoms with van der Waals surface area (Å²) in [5.74, 6) is 0.549. The average molecular weight is 422 g/mol. The fourth-order valence-corrected chi connectivity index (χ4v) is 3.52. The first-order chi connectivity index (χ1) is 12.0. The third-order valence-electron chi connectivity index (χ3n) is 3.37. The molecule has 1 aromatic carbocycles. The number of aromatic hydroxyl groups is 1. The van der Waals surface area contributed by atoms with E-state index in [4.69, 9.17) is 0 Å². The second-order valence-corrected chi connectivity index (χ2v) is 6.77. The van der Waals surface area contributed by atoms with Gasteiger partial charge in [-0.05, 0) is 43.0 Å². The highest BCUT2D eigenvalue weighted by atomic mass is 79.9. The Kier molecular flexibility index (Phi) is 5.00. The first kappa shape index (κ1) is 17.4. The quantitative estimate of drug-likeness (QED) is 0.491. The normalized spacial score (nSPS) is 10.8. The summed E-state index contributed by atoms with van der Waals surface area (Å²) in [6, 6.07) is 7.92. The molecular formula is C15H12BrN5O3S. The van der Waals surface area contributed by atoms with E-state index in [0.29, 0.717) is 23.1 Å². The minimum absolute atomic E-state index is 0.0747. The highest BCUT2D eigenvalue weighted by Crippen LogP contribution is 2.36. The van der Waals surface area contributed by atoms with Gasteiger partial charge in [0.15, 0.2) is 16.0 Å². The number of aromatic nitrogens is 4. The SMILES string of the molecule is CCn1c(Sc2ncccc2[N+](=O)[O-])nnc1-c1cc(Br)ccc1O. The zero-order valence-electron chi connectivity index (χ0n) is 13.0. The number of hydrogen-bond acceptors (Lipinski definition) is 7. The predicted octanol–water partition coefficient (Wildman–Crippen LogP) is 3.89. The van der Waals surface area contributed by atoms with Gasteiger partial charge >= 0.3 is 5.69 Å². The van der Waals surface area contributed by atoms with E-state index < -0.39 is 4.92 Å². The summed E-state index contributed by atoms with van der Waals surface area (Å²) in [7, 11) is 0. The Morgan fingerprint density at radius 1 is 1.36 bits per heavy atom. The first-order valence-corrected chi connectivity index (χ1v) is 8.81. The lowest BCUT2D eigenvalue weighted by Gasteiger charge is -2.08. The van der Waals surface area contributed by atoms with Crippen LogP contribution >= 0.6 is 27.7 Å². The molecule has 0 amide bonds. The fraction of sp³-hybridized carbons (Fsp3) is 0.133. The van der Waals surface area contributed by atoms with Crippen molar-refractivity contribution in [1.82, 2.24) is 19.7 Å². The van der Waals surface area contributed by atoms with E-state index in [9.17, 15) is 15.2 Å². The Balaban J connectivity index is 2.04. The molecule has 0 aliphatic heterocycles. The van der Waals surface area contributed by atoms with Crippen molar-refractivity contribution in [2.75, 3.05) is 0 Å². The Bertz CT molecular complexity index is 947. The van der Waals surface area contributed by atoms with Crippen molar-refractivity contribution in [3.8, 4) is 17.1 Å². The van der Waals surface area contributed by atoms with E-state index in [1.807, 2.05) is 6.92 Å². The summed E-state index contributed by atoms with van der Waals surface area (Å²) in [4.78, 5) is 14.7. The fourth-order valence-electron chi connectivity index (χ4n) is 2.22. The number of rotatable bonds is 5. The van der Waals surface area contributed by atoms with Crippen LogP contribution in [0, 0.1) is 10.1 Å². The predicted molar refractivity (Wildman–Crippen MR) is 95.5 cm³/mol. The molecule has 0 unspecified atom stereocenters. The summed E-state index contributed by atoms with van der Waals surface area (Å²) in [6.07, 6.45) is 1.49. The molecule has 8 nitrogen and oxygen atoms in total. The molecular weight excluding hydrogens is 410 g/mol. The van der Waals surface area contributed by atoms with Gasteiger partial charge in [-0.15, -0.1) is 10.2 Å². The molecule has 25 heavy (non-hydrogen) atoms. The molecule has 0 atom stereocenters. The largest absolute Gasteiger partial charge is 0.507 e.